The third-order valence-corrected chi connectivity index (χ3v) is 3.63. The summed E-state index contributed by atoms with van der Waals surface area (Å²) in [7, 11) is 0. The fourth-order valence-corrected chi connectivity index (χ4v) is 2.43. The number of benzene rings is 1. The van der Waals surface area contributed by atoms with Crippen LogP contribution < -0.4 is 0 Å². The van der Waals surface area contributed by atoms with Crippen molar-refractivity contribution in [3.8, 4) is 17.1 Å². The predicted molar refractivity (Wildman–Crippen MR) is 83.0 cm³/mol. The van der Waals surface area contributed by atoms with E-state index in [-0.39, 0.29) is 5.69 Å². The van der Waals surface area contributed by atoms with Crippen LogP contribution in [0.3, 0.4) is 0 Å². The minimum atomic E-state index is -0.428. The van der Waals surface area contributed by atoms with Crippen LogP contribution in [0.4, 0.5) is 5.69 Å². The Labute approximate surface area is 130 Å². The van der Waals surface area contributed by atoms with Crippen LogP contribution in [0.15, 0.2) is 53.9 Å². The van der Waals surface area contributed by atoms with E-state index in [4.69, 9.17) is 0 Å². The molecule has 0 aliphatic heterocycles. The van der Waals surface area contributed by atoms with Crippen molar-refractivity contribution >= 4 is 17.4 Å². The van der Waals surface area contributed by atoms with E-state index in [0.29, 0.717) is 11.0 Å². The van der Waals surface area contributed by atoms with Crippen LogP contribution in [0.2, 0.25) is 0 Å². The lowest BCUT2D eigenvalue weighted by Gasteiger charge is -2.02. The number of thioether (sulfide) groups is 1. The van der Waals surface area contributed by atoms with E-state index in [1.165, 1.54) is 23.9 Å². The Kier molecular flexibility index (Phi) is 3.84. The predicted octanol–water partition coefficient (Wildman–Crippen LogP) is 2.96. The maximum atomic E-state index is 10.7. The summed E-state index contributed by atoms with van der Waals surface area (Å²) in [5.74, 6) is 0.588. The smallest absolute Gasteiger partial charge is 0.265 e. The molecule has 0 atom stereocenters. The number of nitro benzene ring substituents is 1. The summed E-state index contributed by atoms with van der Waals surface area (Å²) < 4.78 is 1.67. The molecule has 7 nitrogen and oxygen atoms in total. The van der Waals surface area contributed by atoms with Gasteiger partial charge in [-0.3, -0.25) is 15.1 Å². The molecule has 2 heterocycles. The molecule has 110 valence electrons. The molecule has 0 saturated carbocycles. The highest BCUT2D eigenvalue weighted by atomic mass is 32.2. The Morgan fingerprint density at radius 3 is 2.41 bits per heavy atom. The standard InChI is InChI=1S/C14H11N5O2S/c1-22-14-16-13(10-6-8-15-9-7-10)17-18(14)11-2-4-12(5-3-11)19(20)21/h2-9H,1H3. The highest BCUT2D eigenvalue weighted by molar-refractivity contribution is 7.98. The Morgan fingerprint density at radius 2 is 1.82 bits per heavy atom. The summed E-state index contributed by atoms with van der Waals surface area (Å²) in [6.45, 7) is 0. The Morgan fingerprint density at radius 1 is 1.14 bits per heavy atom. The van der Waals surface area contributed by atoms with E-state index < -0.39 is 4.92 Å². The van der Waals surface area contributed by atoms with Gasteiger partial charge in [-0.15, -0.1) is 5.10 Å². The van der Waals surface area contributed by atoms with Crippen LogP contribution in [0.5, 0.6) is 0 Å². The minimum absolute atomic E-state index is 0.0453. The summed E-state index contributed by atoms with van der Waals surface area (Å²) >= 11 is 1.46. The van der Waals surface area contributed by atoms with Gasteiger partial charge in [-0.2, -0.15) is 0 Å². The second-order valence-corrected chi connectivity index (χ2v) is 5.12. The molecule has 0 aliphatic rings. The number of non-ortho nitro benzene ring substituents is 1. The first-order valence-corrected chi connectivity index (χ1v) is 7.58. The molecular formula is C14H11N5O2S. The van der Waals surface area contributed by atoms with E-state index in [2.05, 4.69) is 15.1 Å². The summed E-state index contributed by atoms with van der Waals surface area (Å²) in [6, 6.07) is 9.88. The number of rotatable bonds is 4. The lowest BCUT2D eigenvalue weighted by molar-refractivity contribution is -0.384. The fourth-order valence-electron chi connectivity index (χ4n) is 1.94. The topological polar surface area (TPSA) is 86.7 Å². The first kappa shape index (κ1) is 14.2. The highest BCUT2D eigenvalue weighted by Crippen LogP contribution is 2.23. The second-order valence-electron chi connectivity index (χ2n) is 4.34. The zero-order chi connectivity index (χ0) is 15.5. The molecule has 3 aromatic rings. The monoisotopic (exact) mass is 313 g/mol. The van der Waals surface area contributed by atoms with Gasteiger partial charge in [0.15, 0.2) is 11.0 Å². The van der Waals surface area contributed by atoms with Crippen molar-refractivity contribution in [2.24, 2.45) is 0 Å². The molecule has 0 radical (unpaired) electrons. The summed E-state index contributed by atoms with van der Waals surface area (Å²) in [5.41, 5.74) is 1.64. The van der Waals surface area contributed by atoms with Crippen LogP contribution in [0.1, 0.15) is 0 Å². The van der Waals surface area contributed by atoms with Crippen LogP contribution >= 0.6 is 11.8 Å². The molecular weight excluding hydrogens is 302 g/mol. The zero-order valence-electron chi connectivity index (χ0n) is 11.6. The molecule has 0 amide bonds. The number of pyridine rings is 1. The normalized spacial score (nSPS) is 10.6. The average molecular weight is 313 g/mol. The average Bonchev–Trinajstić information content (AvgIpc) is 3.00. The maximum Gasteiger partial charge on any atom is 0.269 e. The molecule has 3 rings (SSSR count). The number of hydrogen-bond donors (Lipinski definition) is 0. The van der Waals surface area contributed by atoms with Gasteiger partial charge in [-0.25, -0.2) is 9.67 Å². The van der Waals surface area contributed by atoms with Gasteiger partial charge in [0.1, 0.15) is 0 Å². The third-order valence-electron chi connectivity index (χ3n) is 3.00. The largest absolute Gasteiger partial charge is 0.269 e. The van der Waals surface area contributed by atoms with Crippen molar-refractivity contribution < 1.29 is 4.92 Å². The Bertz CT molecular complexity index is 802. The van der Waals surface area contributed by atoms with Gasteiger partial charge >= 0.3 is 0 Å². The number of hydrogen-bond acceptors (Lipinski definition) is 6. The first-order valence-electron chi connectivity index (χ1n) is 6.35. The van der Waals surface area contributed by atoms with Gasteiger partial charge in [0.25, 0.3) is 5.69 Å². The van der Waals surface area contributed by atoms with Crippen molar-refractivity contribution in [3.63, 3.8) is 0 Å². The molecule has 0 spiro atoms. The summed E-state index contributed by atoms with van der Waals surface area (Å²) in [5, 5.41) is 15.9. The maximum absolute atomic E-state index is 10.7. The van der Waals surface area contributed by atoms with E-state index >= 15 is 0 Å². The van der Waals surface area contributed by atoms with E-state index in [1.807, 2.05) is 18.4 Å². The lowest BCUT2D eigenvalue weighted by Crippen LogP contribution is -1.99. The molecule has 0 aliphatic carbocycles. The fraction of sp³-hybridized carbons (Fsp3) is 0.0714. The van der Waals surface area contributed by atoms with Crippen molar-refractivity contribution in [2.45, 2.75) is 5.16 Å². The number of aromatic nitrogens is 4. The van der Waals surface area contributed by atoms with E-state index in [9.17, 15) is 10.1 Å². The van der Waals surface area contributed by atoms with Gasteiger partial charge in [0.05, 0.1) is 10.6 Å². The van der Waals surface area contributed by atoms with Crippen molar-refractivity contribution in [1.82, 2.24) is 19.7 Å². The molecule has 0 saturated heterocycles. The molecule has 0 fully saturated rings. The van der Waals surface area contributed by atoms with Gasteiger partial charge < -0.3 is 0 Å². The molecule has 0 bridgehead atoms. The molecule has 1 aromatic carbocycles. The summed E-state index contributed by atoms with van der Waals surface area (Å²) in [6.07, 6.45) is 5.27. The quantitative estimate of drug-likeness (QED) is 0.418. The lowest BCUT2D eigenvalue weighted by atomic mass is 10.3. The van der Waals surface area contributed by atoms with E-state index in [1.54, 1.807) is 29.2 Å². The summed E-state index contributed by atoms with van der Waals surface area (Å²) in [4.78, 5) is 18.8. The van der Waals surface area contributed by atoms with Gasteiger partial charge in [0.2, 0.25) is 0 Å². The highest BCUT2D eigenvalue weighted by Gasteiger charge is 2.13. The van der Waals surface area contributed by atoms with Crippen LogP contribution in [-0.2, 0) is 0 Å². The van der Waals surface area contributed by atoms with Crippen LogP contribution in [0, 0.1) is 10.1 Å². The van der Waals surface area contributed by atoms with Gasteiger partial charge in [-0.1, -0.05) is 11.8 Å². The van der Waals surface area contributed by atoms with Crippen LogP contribution in [-0.4, -0.2) is 30.9 Å². The molecule has 22 heavy (non-hydrogen) atoms. The Hall–Kier alpha value is -2.74. The van der Waals surface area contributed by atoms with Crippen molar-refractivity contribution in [3.05, 3.63) is 58.9 Å². The molecule has 2 aromatic heterocycles. The van der Waals surface area contributed by atoms with Crippen LogP contribution in [0.25, 0.3) is 17.1 Å². The van der Waals surface area contributed by atoms with Gasteiger partial charge in [-0.05, 0) is 30.5 Å². The SMILES string of the molecule is CSc1nc(-c2ccncc2)nn1-c1ccc([N+](=O)[O-])cc1. The third kappa shape index (κ3) is 2.68. The van der Waals surface area contributed by atoms with Gasteiger partial charge in [0, 0.05) is 30.1 Å². The molecule has 0 unspecified atom stereocenters. The molecule has 0 N–H and O–H groups in total. The number of nitro groups is 1. The second kappa shape index (κ2) is 5.94. The zero-order valence-corrected chi connectivity index (χ0v) is 12.4. The molecule has 8 heteroatoms. The van der Waals surface area contributed by atoms with Crippen molar-refractivity contribution in [1.29, 1.82) is 0 Å². The first-order chi connectivity index (χ1) is 10.7. The van der Waals surface area contributed by atoms with Crippen molar-refractivity contribution in [2.75, 3.05) is 6.26 Å². The number of nitrogens with zero attached hydrogens (tertiary/aromatic N) is 5. The van der Waals surface area contributed by atoms with E-state index in [0.717, 1.165) is 11.3 Å². The Balaban J connectivity index is 2.03. The minimum Gasteiger partial charge on any atom is -0.265 e.